The number of nitrogens with zero attached hydrogens (tertiary/aromatic N) is 2. The number of aromatic nitrogens is 2. The minimum absolute atomic E-state index is 0.0632. The van der Waals surface area contributed by atoms with Gasteiger partial charge in [0, 0.05) is 23.2 Å². The van der Waals surface area contributed by atoms with Crippen molar-refractivity contribution >= 4 is 39.7 Å². The number of ketones is 1. The van der Waals surface area contributed by atoms with Crippen LogP contribution in [0.2, 0.25) is 0 Å². The molecule has 0 aliphatic heterocycles. The van der Waals surface area contributed by atoms with Crippen LogP contribution in [0.4, 0.5) is 0 Å². The summed E-state index contributed by atoms with van der Waals surface area (Å²) in [5, 5.41) is 2.06. The van der Waals surface area contributed by atoms with Crippen LogP contribution < -0.4 is 0 Å². The highest BCUT2D eigenvalue weighted by Crippen LogP contribution is 2.19. The molecular weight excluding hydrogens is 320 g/mol. The van der Waals surface area contributed by atoms with Gasteiger partial charge in [-0.2, -0.15) is 0 Å². The normalized spacial score (nSPS) is 11.7. The fraction of sp³-hybridized carbons (Fsp3) is 0. The second-order valence-corrected chi connectivity index (χ2v) is 5.90. The molecule has 0 N–H and O–H groups in total. The Morgan fingerprint density at radius 2 is 1.12 bits per heavy atom. The van der Waals surface area contributed by atoms with Gasteiger partial charge in [0.15, 0.2) is 5.78 Å². The van der Waals surface area contributed by atoms with E-state index in [2.05, 4.69) is 9.97 Å². The number of hydrogen-bond donors (Lipinski definition) is 0. The summed E-state index contributed by atoms with van der Waals surface area (Å²) < 4.78 is 0. The van der Waals surface area contributed by atoms with Crippen molar-refractivity contribution in [1.29, 1.82) is 0 Å². The lowest BCUT2D eigenvalue weighted by atomic mass is 10.1. The molecule has 4 rings (SSSR count). The summed E-state index contributed by atoms with van der Waals surface area (Å²) >= 11 is 0. The first-order chi connectivity index (χ1) is 12.8. The molecule has 0 spiro atoms. The van der Waals surface area contributed by atoms with Gasteiger partial charge < -0.3 is 0 Å². The topological polar surface area (TPSA) is 42.9 Å². The predicted octanol–water partition coefficient (Wildman–Crippen LogP) is 5.08. The lowest BCUT2D eigenvalue weighted by Crippen LogP contribution is -1.87. The molecule has 0 bridgehead atoms. The van der Waals surface area contributed by atoms with E-state index in [9.17, 15) is 4.79 Å². The second kappa shape index (κ2) is 7.11. The van der Waals surface area contributed by atoms with Crippen LogP contribution in [-0.2, 0) is 4.79 Å². The van der Waals surface area contributed by atoms with E-state index in [1.165, 1.54) is 0 Å². The Kier molecular flexibility index (Phi) is 4.35. The summed E-state index contributed by atoms with van der Waals surface area (Å²) in [5.74, 6) is -0.0632. The molecule has 26 heavy (non-hydrogen) atoms. The van der Waals surface area contributed by atoms with Crippen LogP contribution in [0.5, 0.6) is 0 Å². The van der Waals surface area contributed by atoms with E-state index in [1.807, 2.05) is 72.8 Å². The number of carbonyl (C=O) groups is 1. The van der Waals surface area contributed by atoms with E-state index in [1.54, 1.807) is 24.5 Å². The zero-order valence-electron chi connectivity index (χ0n) is 14.0. The summed E-state index contributed by atoms with van der Waals surface area (Å²) in [6.45, 7) is 0. The highest BCUT2D eigenvalue weighted by molar-refractivity contribution is 6.06. The van der Waals surface area contributed by atoms with E-state index >= 15 is 0 Å². The van der Waals surface area contributed by atoms with Crippen LogP contribution in [0, 0.1) is 0 Å². The molecule has 2 aromatic carbocycles. The molecule has 4 aromatic rings. The van der Waals surface area contributed by atoms with Gasteiger partial charge in [0.05, 0.1) is 11.0 Å². The molecule has 0 unspecified atom stereocenters. The highest BCUT2D eigenvalue weighted by atomic mass is 16.1. The van der Waals surface area contributed by atoms with E-state index < -0.39 is 0 Å². The van der Waals surface area contributed by atoms with E-state index in [-0.39, 0.29) is 5.78 Å². The van der Waals surface area contributed by atoms with Crippen molar-refractivity contribution < 1.29 is 4.79 Å². The molecule has 0 radical (unpaired) electrons. The van der Waals surface area contributed by atoms with Crippen LogP contribution in [0.1, 0.15) is 11.1 Å². The standard InChI is InChI=1S/C23H16N2O/c26-19(11-9-17-13-15-24-22-7-3-1-5-20(17)22)12-10-18-14-16-25-23-8-4-2-6-21(18)23/h1-16H/b11-9+,12-10+. The molecule has 0 aliphatic rings. The van der Waals surface area contributed by atoms with Crippen LogP contribution in [0.3, 0.4) is 0 Å². The van der Waals surface area contributed by atoms with Gasteiger partial charge >= 0.3 is 0 Å². The number of benzene rings is 2. The Bertz CT molecular complexity index is 1060. The van der Waals surface area contributed by atoms with E-state index in [4.69, 9.17) is 0 Å². The summed E-state index contributed by atoms with van der Waals surface area (Å²) in [6, 6.07) is 19.6. The maximum atomic E-state index is 12.3. The molecule has 2 heterocycles. The van der Waals surface area contributed by atoms with Crippen LogP contribution in [0.25, 0.3) is 34.0 Å². The third-order valence-corrected chi connectivity index (χ3v) is 4.22. The first-order valence-electron chi connectivity index (χ1n) is 8.39. The van der Waals surface area contributed by atoms with Gasteiger partial charge in [-0.05, 0) is 47.5 Å². The largest absolute Gasteiger partial charge is 0.290 e. The fourth-order valence-electron chi connectivity index (χ4n) is 2.93. The van der Waals surface area contributed by atoms with Crippen molar-refractivity contribution in [2.45, 2.75) is 0 Å². The number of allylic oxidation sites excluding steroid dienone is 2. The molecule has 0 amide bonds. The van der Waals surface area contributed by atoms with Crippen molar-refractivity contribution in [2.75, 3.05) is 0 Å². The number of hydrogen-bond acceptors (Lipinski definition) is 3. The summed E-state index contributed by atoms with van der Waals surface area (Å²) in [7, 11) is 0. The lowest BCUT2D eigenvalue weighted by Gasteiger charge is -2.01. The van der Waals surface area contributed by atoms with Crippen molar-refractivity contribution in [3.05, 3.63) is 96.3 Å². The van der Waals surface area contributed by atoms with Crippen molar-refractivity contribution in [3.63, 3.8) is 0 Å². The van der Waals surface area contributed by atoms with Gasteiger partial charge in [-0.25, -0.2) is 0 Å². The van der Waals surface area contributed by atoms with Gasteiger partial charge in [0.1, 0.15) is 0 Å². The molecule has 2 aromatic heterocycles. The third-order valence-electron chi connectivity index (χ3n) is 4.22. The molecule has 3 heteroatoms. The fourth-order valence-corrected chi connectivity index (χ4v) is 2.93. The van der Waals surface area contributed by atoms with Crippen LogP contribution >= 0.6 is 0 Å². The molecule has 0 fully saturated rings. The number of rotatable bonds is 4. The maximum absolute atomic E-state index is 12.3. The van der Waals surface area contributed by atoms with Gasteiger partial charge in [-0.1, -0.05) is 48.6 Å². The number of carbonyl (C=O) groups excluding carboxylic acids is 1. The molecule has 3 nitrogen and oxygen atoms in total. The zero-order valence-corrected chi connectivity index (χ0v) is 14.0. The SMILES string of the molecule is O=C(/C=C/c1ccnc2ccccc12)/C=C/c1ccnc2ccccc12. The lowest BCUT2D eigenvalue weighted by molar-refractivity contribution is -0.110. The molecule has 0 saturated carbocycles. The monoisotopic (exact) mass is 336 g/mol. The summed E-state index contributed by atoms with van der Waals surface area (Å²) in [6.07, 6.45) is 10.4. The quantitative estimate of drug-likeness (QED) is 0.488. The molecule has 0 atom stereocenters. The minimum atomic E-state index is -0.0632. The van der Waals surface area contributed by atoms with Crippen LogP contribution in [0.15, 0.2) is 85.2 Å². The third kappa shape index (κ3) is 3.28. The van der Waals surface area contributed by atoms with Gasteiger partial charge in [0.2, 0.25) is 0 Å². The molecule has 0 aliphatic carbocycles. The molecule has 124 valence electrons. The van der Waals surface area contributed by atoms with Gasteiger partial charge in [0.25, 0.3) is 0 Å². The van der Waals surface area contributed by atoms with E-state index in [0.717, 1.165) is 32.9 Å². The number of fused-ring (bicyclic) bond motifs is 2. The highest BCUT2D eigenvalue weighted by Gasteiger charge is 2.00. The average molecular weight is 336 g/mol. The zero-order chi connectivity index (χ0) is 17.8. The van der Waals surface area contributed by atoms with Crippen molar-refractivity contribution in [2.24, 2.45) is 0 Å². The average Bonchev–Trinajstić information content (AvgIpc) is 2.70. The van der Waals surface area contributed by atoms with Gasteiger partial charge in [-0.15, -0.1) is 0 Å². The first-order valence-corrected chi connectivity index (χ1v) is 8.39. The maximum Gasteiger partial charge on any atom is 0.178 e. The number of pyridine rings is 2. The smallest absolute Gasteiger partial charge is 0.178 e. The first kappa shape index (κ1) is 15.9. The Morgan fingerprint density at radius 1 is 0.654 bits per heavy atom. The van der Waals surface area contributed by atoms with E-state index in [0.29, 0.717) is 0 Å². The Morgan fingerprint density at radius 3 is 1.62 bits per heavy atom. The summed E-state index contributed by atoms with van der Waals surface area (Å²) in [5.41, 5.74) is 3.79. The van der Waals surface area contributed by atoms with Gasteiger partial charge in [-0.3, -0.25) is 14.8 Å². The Hall–Kier alpha value is -3.59. The Balaban J connectivity index is 1.58. The summed E-state index contributed by atoms with van der Waals surface area (Å²) in [4.78, 5) is 20.9. The van der Waals surface area contributed by atoms with Crippen molar-refractivity contribution in [1.82, 2.24) is 9.97 Å². The van der Waals surface area contributed by atoms with Crippen LogP contribution in [-0.4, -0.2) is 15.8 Å². The predicted molar refractivity (Wildman–Crippen MR) is 107 cm³/mol. The molecular formula is C23H16N2O. The Labute approximate surface area is 151 Å². The minimum Gasteiger partial charge on any atom is -0.290 e. The van der Waals surface area contributed by atoms with Crippen molar-refractivity contribution in [3.8, 4) is 0 Å². The molecule has 0 saturated heterocycles. The second-order valence-electron chi connectivity index (χ2n) is 5.90. The number of para-hydroxylation sites is 2.